The summed E-state index contributed by atoms with van der Waals surface area (Å²) in [5.74, 6) is 0. The first-order valence-corrected chi connectivity index (χ1v) is 10.1. The number of anilines is 1. The van der Waals surface area contributed by atoms with E-state index in [2.05, 4.69) is 45.9 Å². The van der Waals surface area contributed by atoms with Crippen LogP contribution >= 0.6 is 23.8 Å². The van der Waals surface area contributed by atoms with Crippen molar-refractivity contribution in [2.24, 2.45) is 0 Å². The summed E-state index contributed by atoms with van der Waals surface area (Å²) in [7, 11) is 0. The Kier molecular flexibility index (Phi) is 5.44. The lowest BCUT2D eigenvalue weighted by Crippen LogP contribution is -2.50. The lowest BCUT2D eigenvalue weighted by molar-refractivity contribution is 0.115. The maximum atomic E-state index is 5.93. The molecule has 0 saturated carbocycles. The van der Waals surface area contributed by atoms with Gasteiger partial charge in [0.15, 0.2) is 5.11 Å². The monoisotopic (exact) mass is 385 g/mol. The fraction of sp³-hybridized carbons (Fsp3) is 0.381. The summed E-state index contributed by atoms with van der Waals surface area (Å²) in [6, 6.07) is 20.2. The van der Waals surface area contributed by atoms with Crippen LogP contribution in [0.4, 0.5) is 5.69 Å². The first-order valence-electron chi connectivity index (χ1n) is 9.30. The van der Waals surface area contributed by atoms with E-state index in [4.69, 9.17) is 23.8 Å². The van der Waals surface area contributed by atoms with Crippen molar-refractivity contribution in [1.29, 1.82) is 0 Å². The highest BCUT2D eigenvalue weighted by Crippen LogP contribution is 2.36. The molecule has 0 aliphatic carbocycles. The second-order valence-electron chi connectivity index (χ2n) is 7.32. The first kappa shape index (κ1) is 17.8. The van der Waals surface area contributed by atoms with Crippen LogP contribution in [0.25, 0.3) is 0 Å². The zero-order chi connectivity index (χ0) is 17.9. The van der Waals surface area contributed by atoms with Crippen LogP contribution in [-0.4, -0.2) is 28.1 Å². The lowest BCUT2D eigenvalue weighted by Gasteiger charge is -2.39. The van der Waals surface area contributed by atoms with E-state index in [-0.39, 0.29) is 0 Å². The Morgan fingerprint density at radius 2 is 1.65 bits per heavy atom. The van der Waals surface area contributed by atoms with Gasteiger partial charge < -0.3 is 10.6 Å². The molecule has 2 aliphatic heterocycles. The minimum absolute atomic E-state index is 0.451. The number of rotatable bonds is 4. The average molecular weight is 386 g/mol. The summed E-state index contributed by atoms with van der Waals surface area (Å²) < 4.78 is 0. The molecule has 0 unspecified atom stereocenters. The third-order valence-electron chi connectivity index (χ3n) is 5.53. The van der Waals surface area contributed by atoms with Crippen LogP contribution in [0.15, 0.2) is 54.6 Å². The van der Waals surface area contributed by atoms with Gasteiger partial charge in [-0.05, 0) is 67.7 Å². The van der Waals surface area contributed by atoms with Gasteiger partial charge in [0.1, 0.15) is 0 Å². The Balaban J connectivity index is 1.32. The van der Waals surface area contributed by atoms with Gasteiger partial charge in [0.05, 0.1) is 0 Å². The maximum Gasteiger partial charge on any atom is 0.170 e. The smallest absolute Gasteiger partial charge is 0.170 e. The summed E-state index contributed by atoms with van der Waals surface area (Å²) in [6.07, 6.45) is 4.91. The Labute approximate surface area is 165 Å². The number of hydrogen-bond donors (Lipinski definition) is 2. The molecular formula is C21H24ClN3S. The van der Waals surface area contributed by atoms with Crippen LogP contribution in [0.3, 0.4) is 0 Å². The van der Waals surface area contributed by atoms with E-state index in [1.165, 1.54) is 18.4 Å². The highest BCUT2D eigenvalue weighted by Gasteiger charge is 2.40. The number of piperidine rings is 1. The normalized spacial score (nSPS) is 25.0. The molecule has 136 valence electrons. The second-order valence-corrected chi connectivity index (χ2v) is 8.16. The molecule has 0 aromatic heterocycles. The molecule has 2 aromatic carbocycles. The van der Waals surface area contributed by atoms with E-state index in [1.54, 1.807) is 0 Å². The molecular weight excluding hydrogens is 362 g/mol. The Hall–Kier alpha value is -1.62. The minimum atomic E-state index is 0.451. The molecule has 3 nitrogen and oxygen atoms in total. The molecule has 5 heteroatoms. The van der Waals surface area contributed by atoms with Gasteiger partial charge in [0, 0.05) is 35.4 Å². The van der Waals surface area contributed by atoms with Gasteiger partial charge >= 0.3 is 0 Å². The highest BCUT2D eigenvalue weighted by atomic mass is 35.5. The second kappa shape index (κ2) is 7.95. The molecule has 2 heterocycles. The first-order chi connectivity index (χ1) is 12.7. The van der Waals surface area contributed by atoms with E-state index in [0.717, 1.165) is 30.1 Å². The lowest BCUT2D eigenvalue weighted by atomic mass is 9.96. The van der Waals surface area contributed by atoms with Crippen molar-refractivity contribution >= 4 is 34.6 Å². The van der Waals surface area contributed by atoms with Crippen molar-refractivity contribution in [2.45, 2.75) is 50.4 Å². The fourth-order valence-corrected chi connectivity index (χ4v) is 4.74. The topological polar surface area (TPSA) is 27.3 Å². The predicted molar refractivity (Wildman–Crippen MR) is 113 cm³/mol. The molecule has 4 rings (SSSR count). The number of nitrogens with one attached hydrogen (secondary N) is 2. The summed E-state index contributed by atoms with van der Waals surface area (Å²) in [5.41, 5.74) is 2.38. The Morgan fingerprint density at radius 1 is 1.00 bits per heavy atom. The van der Waals surface area contributed by atoms with Crippen molar-refractivity contribution in [3.05, 3.63) is 65.2 Å². The number of nitrogens with zero attached hydrogens (tertiary/aromatic N) is 1. The molecule has 0 radical (unpaired) electrons. The van der Waals surface area contributed by atoms with Crippen LogP contribution < -0.4 is 10.6 Å². The molecule has 2 N–H and O–H groups in total. The van der Waals surface area contributed by atoms with E-state index in [9.17, 15) is 0 Å². The number of hydrogen-bond acceptors (Lipinski definition) is 2. The fourth-order valence-electron chi connectivity index (χ4n) is 4.33. The van der Waals surface area contributed by atoms with Crippen molar-refractivity contribution in [1.82, 2.24) is 10.2 Å². The molecule has 2 bridgehead atoms. The zero-order valence-electron chi connectivity index (χ0n) is 14.7. The quantitative estimate of drug-likeness (QED) is 0.737. The van der Waals surface area contributed by atoms with Crippen LogP contribution in [0.5, 0.6) is 0 Å². The third kappa shape index (κ3) is 4.20. The number of benzene rings is 2. The highest BCUT2D eigenvalue weighted by molar-refractivity contribution is 7.80. The molecule has 2 saturated heterocycles. The van der Waals surface area contributed by atoms with Crippen LogP contribution in [0.2, 0.25) is 5.02 Å². The zero-order valence-corrected chi connectivity index (χ0v) is 16.3. The predicted octanol–water partition coefficient (Wildman–Crippen LogP) is 4.82. The molecule has 0 spiro atoms. The SMILES string of the molecule is S=C(Nc1ccc(Cl)cc1)NC1C[C@@H]2CC[C@@H](C1)N2Cc1ccccc1. The summed E-state index contributed by atoms with van der Waals surface area (Å²) in [5, 5.41) is 8.23. The molecule has 2 atom stereocenters. The maximum absolute atomic E-state index is 5.93. The number of fused-ring (bicyclic) bond motifs is 2. The van der Waals surface area contributed by atoms with Crippen molar-refractivity contribution in [3.8, 4) is 0 Å². The Bertz CT molecular complexity index is 736. The largest absolute Gasteiger partial charge is 0.360 e. The van der Waals surface area contributed by atoms with Crippen molar-refractivity contribution < 1.29 is 0 Å². The average Bonchev–Trinajstić information content (AvgIpc) is 2.87. The van der Waals surface area contributed by atoms with E-state index in [0.29, 0.717) is 23.2 Å². The van der Waals surface area contributed by atoms with Gasteiger partial charge in [-0.1, -0.05) is 41.9 Å². The van der Waals surface area contributed by atoms with Crippen molar-refractivity contribution in [2.75, 3.05) is 5.32 Å². The summed E-state index contributed by atoms with van der Waals surface area (Å²) in [4.78, 5) is 2.70. The van der Waals surface area contributed by atoms with Gasteiger partial charge in [-0.25, -0.2) is 0 Å². The molecule has 2 fully saturated rings. The number of halogens is 1. The van der Waals surface area contributed by atoms with Crippen molar-refractivity contribution in [3.63, 3.8) is 0 Å². The van der Waals surface area contributed by atoms with Gasteiger partial charge in [0.25, 0.3) is 0 Å². The van der Waals surface area contributed by atoms with Crippen LogP contribution in [0, 0.1) is 0 Å². The summed E-state index contributed by atoms with van der Waals surface area (Å²) in [6.45, 7) is 1.07. The van der Waals surface area contributed by atoms with Gasteiger partial charge in [-0.15, -0.1) is 0 Å². The summed E-state index contributed by atoms with van der Waals surface area (Å²) >= 11 is 11.4. The Morgan fingerprint density at radius 3 is 2.31 bits per heavy atom. The molecule has 2 aliphatic rings. The number of thiocarbonyl (C=S) groups is 1. The third-order valence-corrected chi connectivity index (χ3v) is 6.00. The molecule has 26 heavy (non-hydrogen) atoms. The van der Waals surface area contributed by atoms with E-state index in [1.807, 2.05) is 24.3 Å². The van der Waals surface area contributed by atoms with E-state index >= 15 is 0 Å². The molecule has 2 aromatic rings. The standard InChI is InChI=1S/C21H24ClN3S/c22-16-6-8-17(9-7-16)23-21(26)24-18-12-19-10-11-20(13-18)25(19)14-15-4-2-1-3-5-15/h1-9,18-20H,10-14H2,(H2,23,24,26)/t19-,20-/m0/s1. The minimum Gasteiger partial charge on any atom is -0.360 e. The van der Waals surface area contributed by atoms with E-state index < -0.39 is 0 Å². The van der Waals surface area contributed by atoms with Gasteiger partial charge in [0.2, 0.25) is 0 Å². The van der Waals surface area contributed by atoms with Crippen LogP contribution in [0.1, 0.15) is 31.2 Å². The van der Waals surface area contributed by atoms with Gasteiger partial charge in [-0.2, -0.15) is 0 Å². The van der Waals surface area contributed by atoms with Gasteiger partial charge in [-0.3, -0.25) is 4.90 Å². The van der Waals surface area contributed by atoms with Crippen LogP contribution in [-0.2, 0) is 6.54 Å². The molecule has 0 amide bonds.